The first-order chi connectivity index (χ1) is 8.66. The molecule has 0 aliphatic carbocycles. The van der Waals surface area contributed by atoms with Gasteiger partial charge >= 0.3 is 5.97 Å². The normalized spacial score (nSPS) is 10.3. The SMILES string of the molecule is COC(=O)CCCCCCCCCCCC(=O)Cl. The van der Waals surface area contributed by atoms with Crippen LogP contribution in [0, 0.1) is 0 Å². The summed E-state index contributed by atoms with van der Waals surface area (Å²) in [6.45, 7) is 0. The highest BCUT2D eigenvalue weighted by Crippen LogP contribution is 2.11. The second-order valence-electron chi connectivity index (χ2n) is 4.61. The van der Waals surface area contributed by atoms with Crippen molar-refractivity contribution in [3.63, 3.8) is 0 Å². The standard InChI is InChI=1S/C14H25ClO3/c1-18-14(17)12-10-8-6-4-2-3-5-7-9-11-13(15)16/h2-12H2,1H3. The van der Waals surface area contributed by atoms with Gasteiger partial charge in [-0.15, -0.1) is 0 Å². The number of hydrogen-bond donors (Lipinski definition) is 0. The van der Waals surface area contributed by atoms with Crippen LogP contribution in [0.15, 0.2) is 0 Å². The summed E-state index contributed by atoms with van der Waals surface area (Å²) in [5.74, 6) is -0.108. The molecule has 0 atom stereocenters. The number of rotatable bonds is 12. The molecular formula is C14H25ClO3. The van der Waals surface area contributed by atoms with Crippen LogP contribution in [0.4, 0.5) is 0 Å². The topological polar surface area (TPSA) is 43.4 Å². The highest BCUT2D eigenvalue weighted by molar-refractivity contribution is 6.63. The molecule has 0 saturated heterocycles. The average molecular weight is 277 g/mol. The van der Waals surface area contributed by atoms with Crippen molar-refractivity contribution in [3.8, 4) is 0 Å². The fraction of sp³-hybridized carbons (Fsp3) is 0.857. The van der Waals surface area contributed by atoms with Gasteiger partial charge in [0.25, 0.3) is 0 Å². The first-order valence-corrected chi connectivity index (χ1v) is 7.29. The van der Waals surface area contributed by atoms with Crippen LogP contribution < -0.4 is 0 Å². The molecule has 0 aromatic heterocycles. The van der Waals surface area contributed by atoms with Crippen molar-refractivity contribution in [2.24, 2.45) is 0 Å². The fourth-order valence-corrected chi connectivity index (χ4v) is 2.01. The van der Waals surface area contributed by atoms with Gasteiger partial charge in [-0.25, -0.2) is 0 Å². The van der Waals surface area contributed by atoms with Crippen molar-refractivity contribution < 1.29 is 14.3 Å². The minimum atomic E-state index is -0.222. The fourth-order valence-electron chi connectivity index (χ4n) is 1.87. The molecule has 4 heteroatoms. The summed E-state index contributed by atoms with van der Waals surface area (Å²) in [4.78, 5) is 21.3. The molecule has 0 fully saturated rings. The molecule has 0 rings (SSSR count). The van der Waals surface area contributed by atoms with E-state index in [-0.39, 0.29) is 11.2 Å². The van der Waals surface area contributed by atoms with Gasteiger partial charge in [0.1, 0.15) is 0 Å². The van der Waals surface area contributed by atoms with Crippen LogP contribution in [0.3, 0.4) is 0 Å². The Hall–Kier alpha value is -0.570. The highest BCUT2D eigenvalue weighted by atomic mass is 35.5. The lowest BCUT2D eigenvalue weighted by Gasteiger charge is -2.02. The van der Waals surface area contributed by atoms with Crippen molar-refractivity contribution in [1.82, 2.24) is 0 Å². The van der Waals surface area contributed by atoms with Crippen molar-refractivity contribution >= 4 is 22.8 Å². The third-order valence-corrected chi connectivity index (χ3v) is 3.17. The van der Waals surface area contributed by atoms with Crippen LogP contribution in [0.1, 0.15) is 70.6 Å². The molecule has 0 aromatic carbocycles. The molecule has 106 valence electrons. The molecule has 0 spiro atoms. The number of carbonyl (C=O) groups is 2. The molecule has 0 radical (unpaired) electrons. The van der Waals surface area contributed by atoms with Crippen molar-refractivity contribution in [1.29, 1.82) is 0 Å². The molecule has 0 aliphatic heterocycles. The summed E-state index contributed by atoms with van der Waals surface area (Å²) in [5, 5.41) is -0.222. The average Bonchev–Trinajstić information content (AvgIpc) is 2.35. The van der Waals surface area contributed by atoms with Crippen molar-refractivity contribution in [2.75, 3.05) is 7.11 Å². The van der Waals surface area contributed by atoms with Gasteiger partial charge in [0, 0.05) is 12.8 Å². The second kappa shape index (κ2) is 12.9. The van der Waals surface area contributed by atoms with E-state index in [0.717, 1.165) is 25.7 Å². The van der Waals surface area contributed by atoms with E-state index >= 15 is 0 Å². The third kappa shape index (κ3) is 13.5. The molecule has 0 aromatic rings. The van der Waals surface area contributed by atoms with Crippen LogP contribution in [0.25, 0.3) is 0 Å². The molecular weight excluding hydrogens is 252 g/mol. The number of methoxy groups -OCH3 is 1. The summed E-state index contributed by atoms with van der Waals surface area (Å²) in [7, 11) is 1.43. The zero-order chi connectivity index (χ0) is 13.6. The Labute approximate surface area is 115 Å². The molecule has 0 amide bonds. The summed E-state index contributed by atoms with van der Waals surface area (Å²) < 4.78 is 4.58. The van der Waals surface area contributed by atoms with Crippen LogP contribution in [0.5, 0.6) is 0 Å². The van der Waals surface area contributed by atoms with E-state index in [1.165, 1.54) is 39.2 Å². The number of carbonyl (C=O) groups excluding carboxylic acids is 2. The lowest BCUT2D eigenvalue weighted by molar-refractivity contribution is -0.140. The van der Waals surface area contributed by atoms with Gasteiger partial charge in [0.05, 0.1) is 7.11 Å². The number of hydrogen-bond acceptors (Lipinski definition) is 3. The quantitative estimate of drug-likeness (QED) is 0.305. The van der Waals surface area contributed by atoms with E-state index in [4.69, 9.17) is 11.6 Å². The van der Waals surface area contributed by atoms with Gasteiger partial charge in [-0.1, -0.05) is 44.9 Å². The predicted molar refractivity (Wildman–Crippen MR) is 73.7 cm³/mol. The minimum absolute atomic E-state index is 0.108. The van der Waals surface area contributed by atoms with Gasteiger partial charge < -0.3 is 4.74 Å². The third-order valence-electron chi connectivity index (χ3n) is 2.98. The number of unbranched alkanes of at least 4 members (excludes halogenated alkanes) is 8. The molecule has 0 unspecified atom stereocenters. The first kappa shape index (κ1) is 17.4. The van der Waals surface area contributed by atoms with E-state index in [1.54, 1.807) is 0 Å². The van der Waals surface area contributed by atoms with Crippen molar-refractivity contribution in [3.05, 3.63) is 0 Å². The van der Waals surface area contributed by atoms with E-state index in [1.807, 2.05) is 0 Å². The second-order valence-corrected chi connectivity index (χ2v) is 5.03. The van der Waals surface area contributed by atoms with Crippen LogP contribution in [-0.4, -0.2) is 18.3 Å². The van der Waals surface area contributed by atoms with Gasteiger partial charge in [0.2, 0.25) is 5.24 Å². The first-order valence-electron chi connectivity index (χ1n) is 6.92. The Morgan fingerprint density at radius 2 is 1.17 bits per heavy atom. The Morgan fingerprint density at radius 3 is 1.56 bits per heavy atom. The van der Waals surface area contributed by atoms with Gasteiger partial charge in [-0.05, 0) is 24.4 Å². The summed E-state index contributed by atoms with van der Waals surface area (Å²) >= 11 is 5.25. The monoisotopic (exact) mass is 276 g/mol. The molecule has 3 nitrogen and oxygen atoms in total. The molecule has 0 heterocycles. The van der Waals surface area contributed by atoms with Crippen molar-refractivity contribution in [2.45, 2.75) is 70.6 Å². The van der Waals surface area contributed by atoms with Crippen LogP contribution >= 0.6 is 11.6 Å². The zero-order valence-electron chi connectivity index (χ0n) is 11.4. The molecule has 0 bridgehead atoms. The summed E-state index contributed by atoms with van der Waals surface area (Å²) in [5.41, 5.74) is 0. The number of ether oxygens (including phenoxy) is 1. The van der Waals surface area contributed by atoms with Gasteiger partial charge in [-0.2, -0.15) is 0 Å². The maximum absolute atomic E-state index is 10.8. The lowest BCUT2D eigenvalue weighted by atomic mass is 10.1. The Kier molecular flexibility index (Phi) is 12.5. The predicted octanol–water partition coefficient (Wildman–Crippen LogP) is 4.22. The Balaban J connectivity index is 3.03. The molecule has 0 aliphatic rings. The Bertz CT molecular complexity index is 229. The van der Waals surface area contributed by atoms with Crippen LogP contribution in [-0.2, 0) is 14.3 Å². The summed E-state index contributed by atoms with van der Waals surface area (Å²) in [6.07, 6.45) is 11.2. The number of halogens is 1. The molecule has 0 saturated carbocycles. The highest BCUT2D eigenvalue weighted by Gasteiger charge is 1.99. The minimum Gasteiger partial charge on any atom is -0.469 e. The maximum atomic E-state index is 10.8. The smallest absolute Gasteiger partial charge is 0.305 e. The molecule has 0 N–H and O–H groups in total. The maximum Gasteiger partial charge on any atom is 0.305 e. The number of esters is 1. The molecule has 18 heavy (non-hydrogen) atoms. The van der Waals surface area contributed by atoms with E-state index in [0.29, 0.717) is 12.8 Å². The largest absolute Gasteiger partial charge is 0.469 e. The lowest BCUT2D eigenvalue weighted by Crippen LogP contribution is -1.99. The summed E-state index contributed by atoms with van der Waals surface area (Å²) in [6, 6.07) is 0. The van der Waals surface area contributed by atoms with Gasteiger partial charge in [0.15, 0.2) is 0 Å². The van der Waals surface area contributed by atoms with E-state index in [2.05, 4.69) is 4.74 Å². The van der Waals surface area contributed by atoms with Gasteiger partial charge in [-0.3, -0.25) is 9.59 Å². The van der Waals surface area contributed by atoms with E-state index in [9.17, 15) is 9.59 Å². The Morgan fingerprint density at radius 1 is 0.778 bits per heavy atom. The van der Waals surface area contributed by atoms with Crippen LogP contribution in [0.2, 0.25) is 0 Å². The van der Waals surface area contributed by atoms with E-state index < -0.39 is 0 Å². The zero-order valence-corrected chi connectivity index (χ0v) is 12.1.